The molecule has 8 heteroatoms. The Morgan fingerprint density at radius 3 is 2.86 bits per heavy atom. The summed E-state index contributed by atoms with van der Waals surface area (Å²) in [5, 5.41) is 11.6. The van der Waals surface area contributed by atoms with E-state index in [1.54, 1.807) is 18.1 Å². The highest BCUT2D eigenvalue weighted by atomic mass is 35.5. The lowest BCUT2D eigenvalue weighted by Gasteiger charge is -2.07. The van der Waals surface area contributed by atoms with Crippen molar-refractivity contribution in [2.24, 2.45) is 0 Å². The molecule has 6 nitrogen and oxygen atoms in total. The topological polar surface area (TPSA) is 64.0 Å². The van der Waals surface area contributed by atoms with Gasteiger partial charge in [-0.25, -0.2) is 9.67 Å². The van der Waals surface area contributed by atoms with Crippen LogP contribution in [0.15, 0.2) is 30.6 Å². The van der Waals surface area contributed by atoms with Crippen LogP contribution in [0.5, 0.6) is 0 Å². The molecule has 0 amide bonds. The Kier molecular flexibility index (Phi) is 6.57. The molecule has 2 aromatic rings. The third-order valence-corrected chi connectivity index (χ3v) is 3.33. The minimum absolute atomic E-state index is 0.471. The van der Waals surface area contributed by atoms with Gasteiger partial charge < -0.3 is 10.1 Å². The summed E-state index contributed by atoms with van der Waals surface area (Å²) in [6, 6.07) is 7.62. The number of nitrogens with zero attached hydrogens (tertiary/aromatic N) is 3. The highest BCUT2D eigenvalue weighted by molar-refractivity contribution is 7.80. The summed E-state index contributed by atoms with van der Waals surface area (Å²) in [7, 11) is 1.67. The van der Waals surface area contributed by atoms with Gasteiger partial charge in [0.15, 0.2) is 5.11 Å². The number of aromatic nitrogens is 3. The second kappa shape index (κ2) is 8.67. The maximum absolute atomic E-state index is 5.86. The lowest BCUT2D eigenvalue weighted by Crippen LogP contribution is -2.30. The van der Waals surface area contributed by atoms with Crippen LogP contribution in [-0.2, 0) is 11.3 Å². The second-order valence-electron chi connectivity index (χ2n) is 4.62. The average molecular weight is 340 g/mol. The van der Waals surface area contributed by atoms with Crippen LogP contribution < -0.4 is 10.6 Å². The van der Waals surface area contributed by atoms with E-state index in [-0.39, 0.29) is 0 Å². The van der Waals surface area contributed by atoms with E-state index < -0.39 is 0 Å². The molecule has 0 atom stereocenters. The Morgan fingerprint density at radius 2 is 2.14 bits per heavy atom. The molecule has 22 heavy (non-hydrogen) atoms. The molecule has 0 saturated heterocycles. The third-order valence-electron chi connectivity index (χ3n) is 2.83. The van der Waals surface area contributed by atoms with E-state index in [1.807, 2.05) is 24.3 Å². The highest BCUT2D eigenvalue weighted by Gasteiger charge is 2.04. The van der Waals surface area contributed by atoms with Crippen LogP contribution >= 0.6 is 23.8 Å². The van der Waals surface area contributed by atoms with E-state index in [9.17, 15) is 0 Å². The molecule has 0 spiro atoms. The summed E-state index contributed by atoms with van der Waals surface area (Å²) in [4.78, 5) is 4.18. The van der Waals surface area contributed by atoms with E-state index in [2.05, 4.69) is 20.7 Å². The molecule has 1 heterocycles. The van der Waals surface area contributed by atoms with Gasteiger partial charge in [-0.2, -0.15) is 0 Å². The number of anilines is 1. The van der Waals surface area contributed by atoms with Crippen molar-refractivity contribution < 1.29 is 4.74 Å². The van der Waals surface area contributed by atoms with E-state index in [1.165, 1.54) is 0 Å². The molecular formula is C14H18ClN5OS. The summed E-state index contributed by atoms with van der Waals surface area (Å²) >= 11 is 11.0. The number of methoxy groups -OCH3 is 1. The van der Waals surface area contributed by atoms with Crippen LogP contribution in [0.2, 0.25) is 5.02 Å². The highest BCUT2D eigenvalue weighted by Crippen LogP contribution is 2.10. The van der Waals surface area contributed by atoms with Crippen molar-refractivity contribution in [2.75, 3.05) is 25.6 Å². The zero-order chi connectivity index (χ0) is 15.8. The van der Waals surface area contributed by atoms with Crippen LogP contribution in [-0.4, -0.2) is 40.1 Å². The molecule has 0 aliphatic heterocycles. The van der Waals surface area contributed by atoms with Crippen molar-refractivity contribution in [1.29, 1.82) is 0 Å². The van der Waals surface area contributed by atoms with Gasteiger partial charge in [-0.1, -0.05) is 23.7 Å². The number of hydrogen-bond acceptors (Lipinski definition) is 4. The van der Waals surface area contributed by atoms with E-state index >= 15 is 0 Å². The van der Waals surface area contributed by atoms with Crippen LogP contribution in [0.4, 0.5) is 5.95 Å². The molecule has 1 aromatic carbocycles. The summed E-state index contributed by atoms with van der Waals surface area (Å²) in [6.45, 7) is 2.06. The second-order valence-corrected chi connectivity index (χ2v) is 5.46. The number of halogens is 1. The molecule has 0 saturated carbocycles. The normalized spacial score (nSPS) is 10.5. The number of benzene rings is 1. The van der Waals surface area contributed by atoms with Crippen molar-refractivity contribution in [2.45, 2.75) is 13.0 Å². The van der Waals surface area contributed by atoms with Crippen LogP contribution in [0.25, 0.3) is 0 Å². The van der Waals surface area contributed by atoms with Gasteiger partial charge in [0.25, 0.3) is 0 Å². The third kappa shape index (κ3) is 5.59. The first-order valence-corrected chi connectivity index (χ1v) is 7.63. The maximum Gasteiger partial charge on any atom is 0.248 e. The largest absolute Gasteiger partial charge is 0.385 e. The van der Waals surface area contributed by atoms with Gasteiger partial charge >= 0.3 is 0 Å². The maximum atomic E-state index is 5.86. The molecule has 0 unspecified atom stereocenters. The fourth-order valence-corrected chi connectivity index (χ4v) is 2.09. The first-order chi connectivity index (χ1) is 10.7. The zero-order valence-electron chi connectivity index (χ0n) is 12.3. The summed E-state index contributed by atoms with van der Waals surface area (Å²) in [5.74, 6) is 0.471. The van der Waals surface area contributed by atoms with E-state index in [0.29, 0.717) is 24.2 Å². The molecule has 2 rings (SSSR count). The summed E-state index contributed by atoms with van der Waals surface area (Å²) in [5.41, 5.74) is 1.10. The van der Waals surface area contributed by atoms with E-state index in [0.717, 1.165) is 23.6 Å². The standard InChI is InChI=1S/C14H18ClN5OS/c1-21-8-2-7-16-14(22)18-13-17-10-20(19-13)9-11-3-5-12(15)6-4-11/h3-6,10H,2,7-9H2,1H3,(H2,16,18,19,22). The Labute approximate surface area is 139 Å². The monoisotopic (exact) mass is 339 g/mol. The van der Waals surface area contributed by atoms with E-state index in [4.69, 9.17) is 28.6 Å². The van der Waals surface area contributed by atoms with Gasteiger partial charge in [0.05, 0.1) is 6.54 Å². The Balaban J connectivity index is 1.80. The van der Waals surface area contributed by atoms with Crippen molar-refractivity contribution in [3.63, 3.8) is 0 Å². The van der Waals surface area contributed by atoms with Gasteiger partial charge in [-0.3, -0.25) is 5.32 Å². The smallest absolute Gasteiger partial charge is 0.248 e. The molecular weight excluding hydrogens is 322 g/mol. The van der Waals surface area contributed by atoms with Gasteiger partial charge in [-0.05, 0) is 36.3 Å². The number of thiocarbonyl (C=S) groups is 1. The fraction of sp³-hybridized carbons (Fsp3) is 0.357. The minimum atomic E-state index is 0.471. The van der Waals surface area contributed by atoms with Gasteiger partial charge in [-0.15, -0.1) is 5.10 Å². The molecule has 2 N–H and O–H groups in total. The van der Waals surface area contributed by atoms with Crippen LogP contribution in [0.1, 0.15) is 12.0 Å². The predicted octanol–water partition coefficient (Wildman–Crippen LogP) is 2.30. The number of nitrogens with one attached hydrogen (secondary N) is 2. The SMILES string of the molecule is COCCCNC(=S)Nc1ncn(Cc2ccc(Cl)cc2)n1. The van der Waals surface area contributed by atoms with Crippen LogP contribution in [0, 0.1) is 0 Å². The quantitative estimate of drug-likeness (QED) is 0.596. The number of rotatable bonds is 7. The molecule has 0 radical (unpaired) electrons. The number of hydrogen-bond donors (Lipinski definition) is 2. The summed E-state index contributed by atoms with van der Waals surface area (Å²) in [6.07, 6.45) is 2.54. The van der Waals surface area contributed by atoms with Crippen molar-refractivity contribution in [3.8, 4) is 0 Å². The van der Waals surface area contributed by atoms with Crippen molar-refractivity contribution in [1.82, 2.24) is 20.1 Å². The minimum Gasteiger partial charge on any atom is -0.385 e. The molecule has 1 aromatic heterocycles. The first-order valence-electron chi connectivity index (χ1n) is 6.85. The predicted molar refractivity (Wildman–Crippen MR) is 91.3 cm³/mol. The Morgan fingerprint density at radius 1 is 1.36 bits per heavy atom. The lowest BCUT2D eigenvalue weighted by atomic mass is 10.2. The van der Waals surface area contributed by atoms with Crippen molar-refractivity contribution >= 4 is 34.9 Å². The molecule has 0 fully saturated rings. The van der Waals surface area contributed by atoms with Gasteiger partial charge in [0.2, 0.25) is 5.95 Å². The lowest BCUT2D eigenvalue weighted by molar-refractivity contribution is 0.196. The van der Waals surface area contributed by atoms with Gasteiger partial charge in [0, 0.05) is 25.3 Å². The Bertz CT molecular complexity index is 602. The average Bonchev–Trinajstić information content (AvgIpc) is 2.93. The molecule has 0 bridgehead atoms. The van der Waals surface area contributed by atoms with Crippen LogP contribution in [0.3, 0.4) is 0 Å². The molecule has 0 aliphatic rings. The summed E-state index contributed by atoms with van der Waals surface area (Å²) < 4.78 is 6.70. The zero-order valence-corrected chi connectivity index (χ0v) is 13.8. The first kappa shape index (κ1) is 16.7. The van der Waals surface area contributed by atoms with Gasteiger partial charge in [0.1, 0.15) is 6.33 Å². The molecule has 118 valence electrons. The molecule has 0 aliphatic carbocycles. The fourth-order valence-electron chi connectivity index (χ4n) is 1.77. The van der Waals surface area contributed by atoms with Crippen molar-refractivity contribution in [3.05, 3.63) is 41.2 Å². The number of ether oxygens (including phenoxy) is 1. The Hall–Kier alpha value is -1.70.